The molecule has 1 N–H and O–H groups in total. The number of halogens is 1. The summed E-state index contributed by atoms with van der Waals surface area (Å²) in [5.74, 6) is 0.267. The second kappa shape index (κ2) is 9.09. The van der Waals surface area contributed by atoms with Gasteiger partial charge in [-0.15, -0.1) is 0 Å². The van der Waals surface area contributed by atoms with Crippen LogP contribution in [0.3, 0.4) is 0 Å². The van der Waals surface area contributed by atoms with Crippen LogP contribution < -0.4 is 10.1 Å². The van der Waals surface area contributed by atoms with Crippen LogP contribution in [0.2, 0.25) is 0 Å². The number of benzene rings is 2. The van der Waals surface area contributed by atoms with Crippen LogP contribution in [0.25, 0.3) is 5.69 Å². The number of methoxy groups -OCH3 is 1. The number of nitrogens with one attached hydrogen (secondary N) is 1. The highest BCUT2D eigenvalue weighted by Crippen LogP contribution is 2.28. The van der Waals surface area contributed by atoms with E-state index in [2.05, 4.69) is 10.4 Å². The number of carbonyl (C=O) groups is 1. The van der Waals surface area contributed by atoms with Crippen LogP contribution in [0, 0.1) is 5.82 Å². The fourth-order valence-electron chi connectivity index (χ4n) is 3.63. The van der Waals surface area contributed by atoms with Gasteiger partial charge < -0.3 is 14.8 Å². The molecule has 0 fully saturated rings. The first-order valence-corrected chi connectivity index (χ1v) is 10.0. The van der Waals surface area contributed by atoms with Gasteiger partial charge >= 0.3 is 0 Å². The molecule has 0 bridgehead atoms. The summed E-state index contributed by atoms with van der Waals surface area (Å²) in [4.78, 5) is 12.8. The zero-order valence-corrected chi connectivity index (χ0v) is 16.9. The SMILES string of the molecule is COCCOc1ccc(CNC(=O)c2nn(-c3ccc(F)cc3)c3c2CCC3)cc1. The maximum absolute atomic E-state index is 13.3. The molecule has 0 saturated carbocycles. The summed E-state index contributed by atoms with van der Waals surface area (Å²) in [6.45, 7) is 1.43. The van der Waals surface area contributed by atoms with E-state index in [1.165, 1.54) is 12.1 Å². The molecular formula is C23H24FN3O3. The lowest BCUT2D eigenvalue weighted by Crippen LogP contribution is -2.24. The van der Waals surface area contributed by atoms with Crippen LogP contribution in [0.4, 0.5) is 4.39 Å². The minimum absolute atomic E-state index is 0.200. The van der Waals surface area contributed by atoms with Gasteiger partial charge in [-0.1, -0.05) is 12.1 Å². The molecule has 6 nitrogen and oxygen atoms in total. The summed E-state index contributed by atoms with van der Waals surface area (Å²) in [7, 11) is 1.63. The van der Waals surface area contributed by atoms with Crippen LogP contribution in [0.5, 0.6) is 5.75 Å². The Morgan fingerprint density at radius 3 is 2.60 bits per heavy atom. The summed E-state index contributed by atoms with van der Waals surface area (Å²) in [5.41, 5.74) is 4.20. The van der Waals surface area contributed by atoms with E-state index in [0.29, 0.717) is 25.5 Å². The number of rotatable bonds is 8. The maximum Gasteiger partial charge on any atom is 0.272 e. The third-order valence-corrected chi connectivity index (χ3v) is 5.15. The number of amides is 1. The minimum atomic E-state index is -0.296. The van der Waals surface area contributed by atoms with E-state index in [1.807, 2.05) is 24.3 Å². The zero-order chi connectivity index (χ0) is 20.9. The molecular weight excluding hydrogens is 385 g/mol. The van der Waals surface area contributed by atoms with E-state index >= 15 is 0 Å². The number of ether oxygens (including phenoxy) is 2. The number of hydrogen-bond acceptors (Lipinski definition) is 4. The molecule has 1 aromatic heterocycles. The fourth-order valence-corrected chi connectivity index (χ4v) is 3.63. The quantitative estimate of drug-likeness (QED) is 0.579. The van der Waals surface area contributed by atoms with Gasteiger partial charge in [0, 0.05) is 24.9 Å². The summed E-state index contributed by atoms with van der Waals surface area (Å²) >= 11 is 0. The van der Waals surface area contributed by atoms with Gasteiger partial charge in [0.05, 0.1) is 12.3 Å². The van der Waals surface area contributed by atoms with Gasteiger partial charge in [0.2, 0.25) is 0 Å². The van der Waals surface area contributed by atoms with E-state index in [4.69, 9.17) is 9.47 Å². The second-order valence-electron chi connectivity index (χ2n) is 7.18. The molecule has 0 atom stereocenters. The fraction of sp³-hybridized carbons (Fsp3) is 0.304. The third-order valence-electron chi connectivity index (χ3n) is 5.15. The van der Waals surface area contributed by atoms with Gasteiger partial charge in [0.15, 0.2) is 5.69 Å². The Balaban J connectivity index is 1.44. The molecule has 7 heteroatoms. The average molecular weight is 409 g/mol. The van der Waals surface area contributed by atoms with Crippen LogP contribution in [-0.4, -0.2) is 36.0 Å². The van der Waals surface area contributed by atoms with E-state index < -0.39 is 0 Å². The van der Waals surface area contributed by atoms with E-state index in [0.717, 1.165) is 47.5 Å². The standard InChI is InChI=1S/C23H24FN3O3/c1-29-13-14-30-19-11-5-16(6-12-19)15-25-23(28)22-20-3-2-4-21(20)27(26-22)18-9-7-17(24)8-10-18/h5-12H,2-4,13-15H2,1H3,(H,25,28). The Labute approximate surface area is 174 Å². The Kier molecular flexibility index (Phi) is 6.09. The molecule has 0 spiro atoms. The molecule has 156 valence electrons. The highest BCUT2D eigenvalue weighted by atomic mass is 19.1. The molecule has 2 aromatic carbocycles. The Hall–Kier alpha value is -3.19. The summed E-state index contributed by atoms with van der Waals surface area (Å²) < 4.78 is 25.5. The lowest BCUT2D eigenvalue weighted by Gasteiger charge is -2.08. The van der Waals surface area contributed by atoms with E-state index in [-0.39, 0.29) is 11.7 Å². The number of aromatic nitrogens is 2. The van der Waals surface area contributed by atoms with Crippen molar-refractivity contribution in [2.75, 3.05) is 20.3 Å². The molecule has 1 amide bonds. The van der Waals surface area contributed by atoms with Gasteiger partial charge in [-0.05, 0) is 61.2 Å². The monoisotopic (exact) mass is 409 g/mol. The molecule has 3 aromatic rings. The maximum atomic E-state index is 13.3. The number of carbonyl (C=O) groups excluding carboxylic acids is 1. The van der Waals surface area contributed by atoms with Crippen LogP contribution in [0.15, 0.2) is 48.5 Å². The van der Waals surface area contributed by atoms with Gasteiger partial charge in [0.1, 0.15) is 18.2 Å². The zero-order valence-electron chi connectivity index (χ0n) is 16.9. The first-order chi connectivity index (χ1) is 14.7. The molecule has 4 rings (SSSR count). The normalized spacial score (nSPS) is 12.6. The molecule has 1 heterocycles. The molecule has 0 aliphatic heterocycles. The largest absolute Gasteiger partial charge is 0.491 e. The average Bonchev–Trinajstić information content (AvgIpc) is 3.37. The van der Waals surface area contributed by atoms with Crippen molar-refractivity contribution >= 4 is 5.91 Å². The molecule has 1 aliphatic carbocycles. The van der Waals surface area contributed by atoms with Crippen molar-refractivity contribution in [3.05, 3.63) is 76.9 Å². The van der Waals surface area contributed by atoms with Crippen molar-refractivity contribution in [2.24, 2.45) is 0 Å². The van der Waals surface area contributed by atoms with Crippen molar-refractivity contribution in [1.82, 2.24) is 15.1 Å². The van der Waals surface area contributed by atoms with E-state index in [9.17, 15) is 9.18 Å². The second-order valence-corrected chi connectivity index (χ2v) is 7.18. The van der Waals surface area contributed by atoms with Gasteiger partial charge in [-0.25, -0.2) is 9.07 Å². The number of nitrogens with zero attached hydrogens (tertiary/aromatic N) is 2. The van der Waals surface area contributed by atoms with Crippen molar-refractivity contribution in [3.8, 4) is 11.4 Å². The summed E-state index contributed by atoms with van der Waals surface area (Å²) in [6.07, 6.45) is 2.67. The van der Waals surface area contributed by atoms with E-state index in [1.54, 1.807) is 23.9 Å². The highest BCUT2D eigenvalue weighted by molar-refractivity contribution is 5.94. The summed E-state index contributed by atoms with van der Waals surface area (Å²) in [5, 5.41) is 7.51. The van der Waals surface area contributed by atoms with Crippen molar-refractivity contribution in [1.29, 1.82) is 0 Å². The molecule has 1 aliphatic rings. The van der Waals surface area contributed by atoms with Crippen LogP contribution >= 0.6 is 0 Å². The molecule has 0 radical (unpaired) electrons. The lowest BCUT2D eigenvalue weighted by atomic mass is 10.1. The smallest absolute Gasteiger partial charge is 0.272 e. The summed E-state index contributed by atoms with van der Waals surface area (Å²) in [6, 6.07) is 13.8. The van der Waals surface area contributed by atoms with Gasteiger partial charge in [-0.3, -0.25) is 4.79 Å². The topological polar surface area (TPSA) is 65.4 Å². The number of fused-ring (bicyclic) bond motifs is 1. The van der Waals surface area contributed by atoms with Gasteiger partial charge in [-0.2, -0.15) is 5.10 Å². The van der Waals surface area contributed by atoms with Crippen molar-refractivity contribution in [2.45, 2.75) is 25.8 Å². The third kappa shape index (κ3) is 4.36. The van der Waals surface area contributed by atoms with Gasteiger partial charge in [0.25, 0.3) is 5.91 Å². The van der Waals surface area contributed by atoms with Crippen LogP contribution in [0.1, 0.15) is 33.7 Å². The Morgan fingerprint density at radius 2 is 1.87 bits per heavy atom. The predicted molar refractivity (Wildman–Crippen MR) is 111 cm³/mol. The lowest BCUT2D eigenvalue weighted by molar-refractivity contribution is 0.0944. The Morgan fingerprint density at radius 1 is 1.10 bits per heavy atom. The minimum Gasteiger partial charge on any atom is -0.491 e. The predicted octanol–water partition coefficient (Wildman–Crippen LogP) is 3.46. The molecule has 0 unspecified atom stereocenters. The molecule has 30 heavy (non-hydrogen) atoms. The van der Waals surface area contributed by atoms with Crippen LogP contribution in [-0.2, 0) is 24.1 Å². The molecule has 0 saturated heterocycles. The highest BCUT2D eigenvalue weighted by Gasteiger charge is 2.26. The number of hydrogen-bond donors (Lipinski definition) is 1. The van der Waals surface area contributed by atoms with Crippen molar-refractivity contribution in [3.63, 3.8) is 0 Å². The Bertz CT molecular complexity index is 1010. The first-order valence-electron chi connectivity index (χ1n) is 10.0. The first kappa shape index (κ1) is 20.1. The van der Waals surface area contributed by atoms with Crippen molar-refractivity contribution < 1.29 is 18.7 Å².